The Bertz CT molecular complexity index is 1130. The smallest absolute Gasteiger partial charge is 0.449 e. The second kappa shape index (κ2) is 7.12. The highest BCUT2D eigenvalue weighted by Gasteiger charge is 2.36. The molecule has 0 spiro atoms. The average Bonchev–Trinajstić information content (AvgIpc) is 3.07. The minimum absolute atomic E-state index is 0.0190. The SMILES string of the molecule is COc1ccc(-c2[nH]c(C(F)(F)F)nc2-c2ccc(S(N)(=O)=O)cc2)cc1Cl. The van der Waals surface area contributed by atoms with Crippen LogP contribution < -0.4 is 9.88 Å². The molecule has 0 aliphatic carbocycles. The summed E-state index contributed by atoms with van der Waals surface area (Å²) in [5.41, 5.74) is 0.662. The topological polar surface area (TPSA) is 98.1 Å². The molecular formula is C17H13ClF3N3O3S. The number of nitrogens with two attached hydrogens (primary N) is 1. The van der Waals surface area contributed by atoms with E-state index in [-0.39, 0.29) is 26.9 Å². The summed E-state index contributed by atoms with van der Waals surface area (Å²) in [5.74, 6) is -0.833. The van der Waals surface area contributed by atoms with Gasteiger partial charge >= 0.3 is 6.18 Å². The van der Waals surface area contributed by atoms with Gasteiger partial charge in [0.25, 0.3) is 0 Å². The number of aromatic amines is 1. The molecule has 0 saturated carbocycles. The Morgan fingerprint density at radius 2 is 1.71 bits per heavy atom. The van der Waals surface area contributed by atoms with Crippen molar-refractivity contribution in [2.75, 3.05) is 7.11 Å². The standard InChI is InChI=1S/C17H13ClF3N3O3S/c1-27-13-7-4-10(8-12(13)18)15-14(23-16(24-15)17(19,20)21)9-2-5-11(6-3-9)28(22,25)26/h2-8H,1H3,(H,23,24)(H2,22,25,26). The largest absolute Gasteiger partial charge is 0.495 e. The van der Waals surface area contributed by atoms with Crippen LogP contribution in [0.2, 0.25) is 5.02 Å². The van der Waals surface area contributed by atoms with Crippen LogP contribution in [0.4, 0.5) is 13.2 Å². The number of hydrogen-bond acceptors (Lipinski definition) is 4. The van der Waals surface area contributed by atoms with Gasteiger partial charge in [-0.2, -0.15) is 13.2 Å². The van der Waals surface area contributed by atoms with Crippen LogP contribution in [0.15, 0.2) is 47.4 Å². The van der Waals surface area contributed by atoms with Crippen molar-refractivity contribution >= 4 is 21.6 Å². The Morgan fingerprint density at radius 1 is 1.11 bits per heavy atom. The number of rotatable bonds is 4. The molecule has 28 heavy (non-hydrogen) atoms. The van der Waals surface area contributed by atoms with Crippen LogP contribution in [0.5, 0.6) is 5.75 Å². The van der Waals surface area contributed by atoms with Crippen LogP contribution in [-0.2, 0) is 16.2 Å². The fourth-order valence-electron chi connectivity index (χ4n) is 2.55. The summed E-state index contributed by atoms with van der Waals surface area (Å²) >= 11 is 6.08. The van der Waals surface area contributed by atoms with Crippen LogP contribution in [0.3, 0.4) is 0 Å². The van der Waals surface area contributed by atoms with Crippen molar-refractivity contribution in [1.29, 1.82) is 0 Å². The first-order valence-corrected chi connectivity index (χ1v) is 9.57. The Labute approximate surface area is 163 Å². The highest BCUT2D eigenvalue weighted by Crippen LogP contribution is 2.38. The van der Waals surface area contributed by atoms with Gasteiger partial charge in [0.2, 0.25) is 15.8 Å². The molecule has 0 fully saturated rings. The van der Waals surface area contributed by atoms with E-state index in [1.54, 1.807) is 0 Å². The van der Waals surface area contributed by atoms with E-state index in [9.17, 15) is 21.6 Å². The number of alkyl halides is 3. The first-order valence-electron chi connectivity index (χ1n) is 7.65. The molecule has 0 amide bonds. The number of benzene rings is 2. The Morgan fingerprint density at radius 3 is 2.21 bits per heavy atom. The maximum absolute atomic E-state index is 13.2. The third kappa shape index (κ3) is 3.98. The van der Waals surface area contributed by atoms with Crippen molar-refractivity contribution in [3.63, 3.8) is 0 Å². The van der Waals surface area contributed by atoms with E-state index in [4.69, 9.17) is 21.5 Å². The van der Waals surface area contributed by atoms with Crippen LogP contribution in [-0.4, -0.2) is 25.5 Å². The molecule has 0 unspecified atom stereocenters. The lowest BCUT2D eigenvalue weighted by atomic mass is 10.0. The van der Waals surface area contributed by atoms with Crippen LogP contribution >= 0.6 is 11.6 Å². The summed E-state index contributed by atoms with van der Waals surface area (Å²) < 4.78 is 67.4. The minimum atomic E-state index is -4.70. The van der Waals surface area contributed by atoms with E-state index >= 15 is 0 Å². The Kier molecular flexibility index (Phi) is 5.13. The van der Waals surface area contributed by atoms with E-state index in [2.05, 4.69) is 9.97 Å². The van der Waals surface area contributed by atoms with E-state index in [0.717, 1.165) is 0 Å². The van der Waals surface area contributed by atoms with Gasteiger partial charge in [0, 0.05) is 11.1 Å². The molecule has 3 rings (SSSR count). The molecule has 3 N–H and O–H groups in total. The number of nitrogens with one attached hydrogen (secondary N) is 1. The number of halogens is 4. The first-order chi connectivity index (χ1) is 13.0. The van der Waals surface area contributed by atoms with Gasteiger partial charge in [-0.25, -0.2) is 18.5 Å². The Balaban J connectivity index is 2.18. The monoisotopic (exact) mass is 431 g/mol. The molecular weight excluding hydrogens is 419 g/mol. The number of ether oxygens (including phenoxy) is 1. The quantitative estimate of drug-likeness (QED) is 0.650. The highest BCUT2D eigenvalue weighted by atomic mass is 35.5. The van der Waals surface area contributed by atoms with Gasteiger partial charge in [0.1, 0.15) is 5.75 Å². The Hall–Kier alpha value is -2.56. The maximum Gasteiger partial charge on any atom is 0.449 e. The number of hydrogen-bond donors (Lipinski definition) is 2. The van der Waals surface area contributed by atoms with Crippen molar-refractivity contribution in [1.82, 2.24) is 9.97 Å². The van der Waals surface area contributed by atoms with E-state index in [0.29, 0.717) is 11.3 Å². The lowest BCUT2D eigenvalue weighted by Crippen LogP contribution is -2.11. The molecule has 6 nitrogen and oxygen atoms in total. The number of nitrogens with zero attached hydrogens (tertiary/aromatic N) is 1. The molecule has 0 aliphatic heterocycles. The summed E-state index contributed by atoms with van der Waals surface area (Å²) in [6, 6.07) is 9.51. The second-order valence-electron chi connectivity index (χ2n) is 5.73. The van der Waals surface area contributed by atoms with Gasteiger partial charge in [-0.15, -0.1) is 0 Å². The lowest BCUT2D eigenvalue weighted by Gasteiger charge is -2.07. The van der Waals surface area contributed by atoms with Crippen molar-refractivity contribution in [3.05, 3.63) is 53.3 Å². The average molecular weight is 432 g/mol. The number of imidazole rings is 1. The molecule has 2 aromatic carbocycles. The molecule has 3 aromatic rings. The molecule has 1 aromatic heterocycles. The predicted molar refractivity (Wildman–Crippen MR) is 97.4 cm³/mol. The zero-order valence-electron chi connectivity index (χ0n) is 14.2. The van der Waals surface area contributed by atoms with E-state index < -0.39 is 22.0 Å². The van der Waals surface area contributed by atoms with Crippen LogP contribution in [0.25, 0.3) is 22.5 Å². The zero-order valence-corrected chi connectivity index (χ0v) is 15.8. The highest BCUT2D eigenvalue weighted by molar-refractivity contribution is 7.89. The fourth-order valence-corrected chi connectivity index (χ4v) is 3.32. The molecule has 148 valence electrons. The third-order valence-electron chi connectivity index (χ3n) is 3.87. The maximum atomic E-state index is 13.2. The predicted octanol–water partition coefficient (Wildman–Crippen LogP) is 4.07. The van der Waals surface area contributed by atoms with Crippen LogP contribution in [0.1, 0.15) is 5.82 Å². The summed E-state index contributed by atoms with van der Waals surface area (Å²) in [7, 11) is -2.52. The van der Waals surface area contributed by atoms with Gasteiger partial charge in [-0.1, -0.05) is 23.7 Å². The van der Waals surface area contributed by atoms with Gasteiger partial charge in [0.05, 0.1) is 28.4 Å². The van der Waals surface area contributed by atoms with Gasteiger partial charge < -0.3 is 9.72 Å². The molecule has 11 heteroatoms. The molecule has 0 saturated heterocycles. The van der Waals surface area contributed by atoms with Gasteiger partial charge in [-0.05, 0) is 30.3 Å². The normalized spacial score (nSPS) is 12.2. The second-order valence-corrected chi connectivity index (χ2v) is 7.69. The molecule has 0 atom stereocenters. The number of H-pyrrole nitrogens is 1. The molecule has 0 aliphatic rings. The number of methoxy groups -OCH3 is 1. The van der Waals surface area contributed by atoms with Crippen molar-refractivity contribution in [2.24, 2.45) is 5.14 Å². The first kappa shape index (κ1) is 20.2. The summed E-state index contributed by atoms with van der Waals surface area (Å²) in [6.07, 6.45) is -4.70. The van der Waals surface area contributed by atoms with Crippen molar-refractivity contribution in [3.8, 4) is 28.3 Å². The number of primary sulfonamides is 1. The third-order valence-corrected chi connectivity index (χ3v) is 5.09. The number of aromatic nitrogens is 2. The summed E-state index contributed by atoms with van der Waals surface area (Å²) in [4.78, 5) is 5.75. The molecule has 1 heterocycles. The lowest BCUT2D eigenvalue weighted by molar-refractivity contribution is -0.144. The van der Waals surface area contributed by atoms with Crippen LogP contribution in [0, 0.1) is 0 Å². The molecule has 0 bridgehead atoms. The van der Waals surface area contributed by atoms with Crippen molar-refractivity contribution in [2.45, 2.75) is 11.1 Å². The van der Waals surface area contributed by atoms with Gasteiger partial charge in [-0.3, -0.25) is 0 Å². The zero-order chi connectivity index (χ0) is 20.7. The fraction of sp³-hybridized carbons (Fsp3) is 0.118. The molecule has 0 radical (unpaired) electrons. The summed E-state index contributed by atoms with van der Waals surface area (Å²) in [5, 5.41) is 5.25. The van der Waals surface area contributed by atoms with Gasteiger partial charge in [0.15, 0.2) is 0 Å². The van der Waals surface area contributed by atoms with Crippen molar-refractivity contribution < 1.29 is 26.3 Å². The summed E-state index contributed by atoms with van der Waals surface area (Å²) in [6.45, 7) is 0. The minimum Gasteiger partial charge on any atom is -0.495 e. The van der Waals surface area contributed by atoms with E-state index in [1.807, 2.05) is 0 Å². The van der Waals surface area contributed by atoms with E-state index in [1.165, 1.54) is 49.6 Å². The number of sulfonamides is 1.